The zero-order valence-corrected chi connectivity index (χ0v) is 6.92. The maximum Gasteiger partial charge on any atom is 0.141 e. The van der Waals surface area contributed by atoms with Gasteiger partial charge in [-0.2, -0.15) is 0 Å². The van der Waals surface area contributed by atoms with Gasteiger partial charge in [0.25, 0.3) is 0 Å². The van der Waals surface area contributed by atoms with Crippen LogP contribution in [0.25, 0.3) is 0 Å². The summed E-state index contributed by atoms with van der Waals surface area (Å²) in [6.45, 7) is 1.15. The summed E-state index contributed by atoms with van der Waals surface area (Å²) in [5.41, 5.74) is 1.31. The summed E-state index contributed by atoms with van der Waals surface area (Å²) in [6.07, 6.45) is 5.54. The lowest BCUT2D eigenvalue weighted by Crippen LogP contribution is -2.22. The first-order chi connectivity index (χ1) is 5.95. The minimum Gasteiger partial charge on any atom is -0.361 e. The van der Waals surface area contributed by atoms with Gasteiger partial charge in [-0.25, -0.2) is 0 Å². The van der Waals surface area contributed by atoms with Crippen LogP contribution in [0.4, 0.5) is 0 Å². The molecule has 1 aliphatic heterocycles. The van der Waals surface area contributed by atoms with Gasteiger partial charge in [0.1, 0.15) is 5.76 Å². The molecular weight excluding hydrogens is 152 g/mol. The smallest absolute Gasteiger partial charge is 0.141 e. The van der Waals surface area contributed by atoms with E-state index < -0.39 is 0 Å². The van der Waals surface area contributed by atoms with Crippen molar-refractivity contribution in [3.05, 3.63) is 17.5 Å². The lowest BCUT2D eigenvalue weighted by atomic mass is 9.84. The van der Waals surface area contributed by atoms with Crippen molar-refractivity contribution >= 4 is 0 Å². The van der Waals surface area contributed by atoms with Crippen molar-refractivity contribution in [3.63, 3.8) is 0 Å². The van der Waals surface area contributed by atoms with Crippen molar-refractivity contribution in [2.45, 2.75) is 25.3 Å². The lowest BCUT2D eigenvalue weighted by molar-refractivity contribution is 0.331. The minimum absolute atomic E-state index is 0.542. The van der Waals surface area contributed by atoms with Crippen LogP contribution in [-0.2, 0) is 6.42 Å². The van der Waals surface area contributed by atoms with E-state index in [1.165, 1.54) is 18.4 Å². The molecule has 2 unspecified atom stereocenters. The third-order valence-electron chi connectivity index (χ3n) is 3.10. The maximum absolute atomic E-state index is 5.17. The van der Waals surface area contributed by atoms with Crippen molar-refractivity contribution in [2.24, 2.45) is 5.92 Å². The molecule has 64 valence electrons. The molecule has 1 fully saturated rings. The van der Waals surface area contributed by atoms with Crippen LogP contribution in [0.2, 0.25) is 0 Å². The van der Waals surface area contributed by atoms with Crippen molar-refractivity contribution in [1.29, 1.82) is 0 Å². The zero-order valence-electron chi connectivity index (χ0n) is 6.92. The van der Waals surface area contributed by atoms with Crippen LogP contribution < -0.4 is 5.32 Å². The molecule has 2 heterocycles. The molecule has 0 spiro atoms. The lowest BCUT2D eigenvalue weighted by Gasteiger charge is -2.23. The first-order valence-corrected chi connectivity index (χ1v) is 4.62. The van der Waals surface area contributed by atoms with Gasteiger partial charge in [-0.05, 0) is 25.3 Å². The van der Waals surface area contributed by atoms with Crippen LogP contribution >= 0.6 is 0 Å². The second kappa shape index (κ2) is 2.33. The Morgan fingerprint density at radius 2 is 2.50 bits per heavy atom. The van der Waals surface area contributed by atoms with Gasteiger partial charge in [0.05, 0.1) is 6.20 Å². The summed E-state index contributed by atoms with van der Waals surface area (Å²) in [5, 5.41) is 7.35. The highest BCUT2D eigenvalue weighted by Crippen LogP contribution is 2.38. The number of fused-ring (bicyclic) bond motifs is 3. The summed E-state index contributed by atoms with van der Waals surface area (Å²) in [7, 11) is 0. The SMILES string of the molecule is c1noc2c1C1NCCC1CC2. The molecule has 2 aliphatic rings. The Hall–Kier alpha value is -0.830. The maximum atomic E-state index is 5.17. The number of hydrogen-bond acceptors (Lipinski definition) is 3. The molecule has 2 atom stereocenters. The predicted octanol–water partition coefficient (Wildman–Crippen LogP) is 1.27. The average Bonchev–Trinajstić information content (AvgIpc) is 2.71. The number of rotatable bonds is 0. The van der Waals surface area contributed by atoms with Crippen LogP contribution in [-0.4, -0.2) is 11.7 Å². The standard InChI is InChI=1S/C9H12N2O/c1-2-8-7(5-11-12-8)9-6(1)3-4-10-9/h5-6,9-10H,1-4H2. The molecule has 1 saturated heterocycles. The molecule has 0 aromatic carbocycles. The van der Waals surface area contributed by atoms with E-state index in [9.17, 15) is 0 Å². The predicted molar refractivity (Wildman–Crippen MR) is 43.7 cm³/mol. The van der Waals surface area contributed by atoms with Crippen molar-refractivity contribution < 1.29 is 4.52 Å². The van der Waals surface area contributed by atoms with E-state index in [1.54, 1.807) is 0 Å². The van der Waals surface area contributed by atoms with Gasteiger partial charge < -0.3 is 9.84 Å². The quantitative estimate of drug-likeness (QED) is 0.627. The average molecular weight is 164 g/mol. The van der Waals surface area contributed by atoms with Gasteiger partial charge >= 0.3 is 0 Å². The Bertz CT molecular complexity index is 294. The molecule has 12 heavy (non-hydrogen) atoms. The first kappa shape index (κ1) is 6.66. The van der Waals surface area contributed by atoms with Crippen LogP contribution in [0.1, 0.15) is 30.2 Å². The fraction of sp³-hybridized carbons (Fsp3) is 0.667. The fourth-order valence-electron chi connectivity index (χ4n) is 2.46. The van der Waals surface area contributed by atoms with E-state index >= 15 is 0 Å². The Kier molecular flexibility index (Phi) is 1.29. The Morgan fingerprint density at radius 3 is 3.50 bits per heavy atom. The molecule has 1 aliphatic carbocycles. The minimum atomic E-state index is 0.542. The Labute approximate surface area is 71.1 Å². The number of aromatic nitrogens is 1. The molecule has 0 bridgehead atoms. The Balaban J connectivity index is 2.04. The van der Waals surface area contributed by atoms with Gasteiger partial charge in [0.15, 0.2) is 0 Å². The number of hydrogen-bond donors (Lipinski definition) is 1. The van der Waals surface area contributed by atoms with E-state index in [2.05, 4.69) is 10.5 Å². The van der Waals surface area contributed by atoms with E-state index in [0.29, 0.717) is 6.04 Å². The molecule has 1 aromatic heterocycles. The molecule has 1 N–H and O–H groups in total. The largest absolute Gasteiger partial charge is 0.361 e. The van der Waals surface area contributed by atoms with E-state index in [0.717, 1.165) is 24.6 Å². The summed E-state index contributed by atoms with van der Waals surface area (Å²) >= 11 is 0. The molecule has 0 saturated carbocycles. The topological polar surface area (TPSA) is 38.1 Å². The number of nitrogens with one attached hydrogen (secondary N) is 1. The number of nitrogens with zero attached hydrogens (tertiary/aromatic N) is 1. The molecule has 3 nitrogen and oxygen atoms in total. The van der Waals surface area contributed by atoms with Crippen LogP contribution in [0.5, 0.6) is 0 Å². The van der Waals surface area contributed by atoms with E-state index in [4.69, 9.17) is 4.52 Å². The summed E-state index contributed by atoms with van der Waals surface area (Å²) in [6, 6.07) is 0.542. The fourth-order valence-corrected chi connectivity index (χ4v) is 2.46. The van der Waals surface area contributed by atoms with Gasteiger partial charge in [-0.1, -0.05) is 5.16 Å². The summed E-state index contributed by atoms with van der Waals surface area (Å²) in [5.74, 6) is 1.93. The third kappa shape index (κ3) is 0.771. The molecule has 0 amide bonds. The summed E-state index contributed by atoms with van der Waals surface area (Å²) < 4.78 is 5.17. The molecule has 1 aromatic rings. The Morgan fingerprint density at radius 1 is 1.50 bits per heavy atom. The van der Waals surface area contributed by atoms with Gasteiger partial charge in [0, 0.05) is 18.0 Å². The van der Waals surface area contributed by atoms with Gasteiger partial charge in [-0.15, -0.1) is 0 Å². The van der Waals surface area contributed by atoms with Crippen molar-refractivity contribution in [3.8, 4) is 0 Å². The highest BCUT2D eigenvalue weighted by molar-refractivity contribution is 5.23. The normalized spacial score (nSPS) is 33.0. The second-order valence-corrected chi connectivity index (χ2v) is 3.72. The third-order valence-corrected chi connectivity index (χ3v) is 3.10. The van der Waals surface area contributed by atoms with Gasteiger partial charge in [-0.3, -0.25) is 0 Å². The molecular formula is C9H12N2O. The molecule has 0 radical (unpaired) electrons. The van der Waals surface area contributed by atoms with Gasteiger partial charge in [0.2, 0.25) is 0 Å². The van der Waals surface area contributed by atoms with Crippen LogP contribution in [0.3, 0.4) is 0 Å². The van der Waals surface area contributed by atoms with Crippen LogP contribution in [0.15, 0.2) is 10.7 Å². The second-order valence-electron chi connectivity index (χ2n) is 3.72. The molecule has 3 heteroatoms. The zero-order chi connectivity index (χ0) is 7.97. The van der Waals surface area contributed by atoms with Crippen molar-refractivity contribution in [2.75, 3.05) is 6.54 Å². The monoisotopic (exact) mass is 164 g/mol. The van der Waals surface area contributed by atoms with E-state index in [1.807, 2.05) is 6.20 Å². The highest BCUT2D eigenvalue weighted by Gasteiger charge is 2.35. The summed E-state index contributed by atoms with van der Waals surface area (Å²) in [4.78, 5) is 0. The number of aryl methyl sites for hydroxylation is 1. The molecule has 3 rings (SSSR count). The highest BCUT2D eigenvalue weighted by atomic mass is 16.5. The first-order valence-electron chi connectivity index (χ1n) is 4.62. The van der Waals surface area contributed by atoms with Crippen molar-refractivity contribution in [1.82, 2.24) is 10.5 Å². The van der Waals surface area contributed by atoms with E-state index in [-0.39, 0.29) is 0 Å². The van der Waals surface area contributed by atoms with Crippen LogP contribution in [0, 0.1) is 5.92 Å².